The van der Waals surface area contributed by atoms with Gasteiger partial charge >= 0.3 is 0 Å². The summed E-state index contributed by atoms with van der Waals surface area (Å²) in [5.74, 6) is -0.457. The molecule has 4 rings (SSSR count). The van der Waals surface area contributed by atoms with Crippen LogP contribution in [-0.2, 0) is 15.1 Å². The topological polar surface area (TPSA) is 83.0 Å². The third-order valence-corrected chi connectivity index (χ3v) is 5.39. The van der Waals surface area contributed by atoms with E-state index in [0.29, 0.717) is 11.9 Å². The molecule has 0 saturated heterocycles. The van der Waals surface area contributed by atoms with Gasteiger partial charge in [0.05, 0.1) is 5.92 Å². The van der Waals surface area contributed by atoms with Gasteiger partial charge in [-0.25, -0.2) is 0 Å². The van der Waals surface area contributed by atoms with Crippen LogP contribution in [0.3, 0.4) is 0 Å². The number of allylic oxidation sites excluding steroid dienone is 2. The van der Waals surface area contributed by atoms with Crippen LogP contribution in [0, 0.1) is 5.92 Å². The van der Waals surface area contributed by atoms with Crippen molar-refractivity contribution in [2.45, 2.75) is 24.5 Å². The standard InChI is InChI=1S/C17H18N4O2S/c1-23-17(16-20-19-10-21(16)12-5-6-12)13(11-7-8-24-9-11)3-2-4-14(17)15(18)22/h2-4,7-10,12,14H,5-6H2,1H3,(H2,18,22). The van der Waals surface area contributed by atoms with Crippen molar-refractivity contribution < 1.29 is 9.53 Å². The minimum absolute atomic E-state index is 0.366. The van der Waals surface area contributed by atoms with Crippen LogP contribution in [0.1, 0.15) is 30.3 Å². The Morgan fingerprint density at radius 1 is 1.50 bits per heavy atom. The fraction of sp³-hybridized carbons (Fsp3) is 0.353. The molecule has 2 N–H and O–H groups in total. The second-order valence-corrected chi connectivity index (χ2v) is 6.87. The van der Waals surface area contributed by atoms with Gasteiger partial charge < -0.3 is 15.0 Å². The Morgan fingerprint density at radius 2 is 2.33 bits per heavy atom. The maximum Gasteiger partial charge on any atom is 0.228 e. The number of aromatic nitrogens is 3. The van der Waals surface area contributed by atoms with E-state index in [4.69, 9.17) is 10.5 Å². The van der Waals surface area contributed by atoms with Gasteiger partial charge in [-0.3, -0.25) is 4.79 Å². The average Bonchev–Trinajstić information content (AvgIpc) is 3.10. The van der Waals surface area contributed by atoms with Gasteiger partial charge in [0.2, 0.25) is 5.91 Å². The Morgan fingerprint density at radius 3 is 2.96 bits per heavy atom. The van der Waals surface area contributed by atoms with E-state index in [1.54, 1.807) is 30.8 Å². The van der Waals surface area contributed by atoms with E-state index >= 15 is 0 Å². The molecule has 7 heteroatoms. The van der Waals surface area contributed by atoms with E-state index in [2.05, 4.69) is 10.2 Å². The smallest absolute Gasteiger partial charge is 0.228 e. The Balaban J connectivity index is 1.95. The van der Waals surface area contributed by atoms with E-state index in [1.165, 1.54) is 0 Å². The first-order valence-electron chi connectivity index (χ1n) is 7.84. The zero-order valence-corrected chi connectivity index (χ0v) is 14.1. The second kappa shape index (κ2) is 5.68. The van der Waals surface area contributed by atoms with E-state index in [0.717, 1.165) is 24.0 Å². The molecule has 124 valence electrons. The molecule has 2 aliphatic rings. The third kappa shape index (κ3) is 2.16. The highest BCUT2D eigenvalue weighted by molar-refractivity contribution is 7.08. The van der Waals surface area contributed by atoms with Crippen LogP contribution >= 0.6 is 11.3 Å². The quantitative estimate of drug-likeness (QED) is 0.903. The number of thiophene rings is 1. The molecule has 0 aliphatic heterocycles. The molecule has 24 heavy (non-hydrogen) atoms. The molecule has 2 aromatic heterocycles. The summed E-state index contributed by atoms with van der Waals surface area (Å²) in [6, 6.07) is 2.38. The number of carbonyl (C=O) groups is 1. The zero-order chi connectivity index (χ0) is 16.7. The van der Waals surface area contributed by atoms with E-state index in [1.807, 2.05) is 33.5 Å². The Bertz CT molecular complexity index is 820. The summed E-state index contributed by atoms with van der Waals surface area (Å²) in [7, 11) is 1.60. The molecular weight excluding hydrogens is 324 g/mol. The number of ether oxygens (including phenoxy) is 1. The van der Waals surface area contributed by atoms with Gasteiger partial charge in [-0.1, -0.05) is 18.2 Å². The van der Waals surface area contributed by atoms with Gasteiger partial charge in [0, 0.05) is 18.7 Å². The van der Waals surface area contributed by atoms with Gasteiger partial charge in [-0.2, -0.15) is 11.3 Å². The molecule has 2 aromatic rings. The predicted molar refractivity (Wildman–Crippen MR) is 91.1 cm³/mol. The second-order valence-electron chi connectivity index (χ2n) is 6.09. The van der Waals surface area contributed by atoms with Crippen LogP contribution in [-0.4, -0.2) is 27.8 Å². The molecular formula is C17H18N4O2S. The largest absolute Gasteiger partial charge is 0.369 e. The summed E-state index contributed by atoms with van der Waals surface area (Å²) in [6.07, 6.45) is 9.50. The minimum atomic E-state index is -1.07. The number of hydrogen-bond donors (Lipinski definition) is 1. The number of nitrogens with two attached hydrogens (primary N) is 1. The zero-order valence-electron chi connectivity index (χ0n) is 13.3. The SMILES string of the molecule is COC1(c2nncn2C2CC2)C(c2ccsc2)=CC=CC1C(N)=O. The number of carbonyl (C=O) groups excluding carboxylic acids is 1. The normalized spacial score (nSPS) is 26.4. The summed E-state index contributed by atoms with van der Waals surface area (Å²) in [5.41, 5.74) is 6.55. The van der Waals surface area contributed by atoms with Gasteiger partial charge in [-0.05, 0) is 35.2 Å². The van der Waals surface area contributed by atoms with Gasteiger partial charge in [0.1, 0.15) is 6.33 Å². The monoisotopic (exact) mass is 342 g/mol. The summed E-state index contributed by atoms with van der Waals surface area (Å²) >= 11 is 1.59. The maximum atomic E-state index is 12.2. The van der Waals surface area contributed by atoms with Crippen molar-refractivity contribution in [2.24, 2.45) is 11.7 Å². The lowest BCUT2D eigenvalue weighted by atomic mass is 9.74. The average molecular weight is 342 g/mol. The fourth-order valence-electron chi connectivity index (χ4n) is 3.43. The molecule has 1 saturated carbocycles. The van der Waals surface area contributed by atoms with Crippen molar-refractivity contribution >= 4 is 22.8 Å². The highest BCUT2D eigenvalue weighted by atomic mass is 32.1. The van der Waals surface area contributed by atoms with E-state index < -0.39 is 17.4 Å². The van der Waals surface area contributed by atoms with E-state index in [-0.39, 0.29) is 0 Å². The molecule has 2 unspecified atom stereocenters. The molecule has 6 nitrogen and oxygen atoms in total. The number of methoxy groups -OCH3 is 1. The van der Waals surface area contributed by atoms with Crippen LogP contribution in [0.4, 0.5) is 0 Å². The number of nitrogens with zero attached hydrogens (tertiary/aromatic N) is 3. The molecule has 0 radical (unpaired) electrons. The van der Waals surface area contributed by atoms with Crippen LogP contribution in [0.5, 0.6) is 0 Å². The molecule has 0 aromatic carbocycles. The Kier molecular flexibility index (Phi) is 3.62. The molecule has 1 fully saturated rings. The third-order valence-electron chi connectivity index (χ3n) is 4.71. The van der Waals surface area contributed by atoms with Crippen molar-refractivity contribution in [1.82, 2.24) is 14.8 Å². The van der Waals surface area contributed by atoms with Gasteiger partial charge in [0.25, 0.3) is 0 Å². The fourth-order valence-corrected chi connectivity index (χ4v) is 4.09. The Hall–Kier alpha value is -2.25. The first-order chi connectivity index (χ1) is 11.7. The van der Waals surface area contributed by atoms with Crippen molar-refractivity contribution in [3.8, 4) is 0 Å². The number of hydrogen-bond acceptors (Lipinski definition) is 5. The van der Waals surface area contributed by atoms with Crippen LogP contribution in [0.25, 0.3) is 5.57 Å². The number of amides is 1. The maximum absolute atomic E-state index is 12.2. The van der Waals surface area contributed by atoms with E-state index in [9.17, 15) is 4.79 Å². The molecule has 0 spiro atoms. The molecule has 0 bridgehead atoms. The molecule has 2 aliphatic carbocycles. The van der Waals surface area contributed by atoms with Crippen LogP contribution in [0.15, 0.2) is 41.4 Å². The number of primary amides is 1. The van der Waals surface area contributed by atoms with Crippen molar-refractivity contribution in [3.63, 3.8) is 0 Å². The lowest BCUT2D eigenvalue weighted by molar-refractivity contribution is -0.128. The van der Waals surface area contributed by atoms with Crippen LogP contribution in [0.2, 0.25) is 0 Å². The summed E-state index contributed by atoms with van der Waals surface area (Å²) in [6.45, 7) is 0. The number of rotatable bonds is 5. The lowest BCUT2D eigenvalue weighted by Gasteiger charge is -2.39. The van der Waals surface area contributed by atoms with Gasteiger partial charge in [-0.15, -0.1) is 10.2 Å². The summed E-state index contributed by atoms with van der Waals surface area (Å²) < 4.78 is 8.04. The van der Waals surface area contributed by atoms with Crippen molar-refractivity contribution in [2.75, 3.05) is 7.11 Å². The highest BCUT2D eigenvalue weighted by Crippen LogP contribution is 2.49. The molecule has 2 heterocycles. The first kappa shape index (κ1) is 15.3. The lowest BCUT2D eigenvalue weighted by Crippen LogP contribution is -2.47. The highest BCUT2D eigenvalue weighted by Gasteiger charge is 2.52. The molecule has 1 amide bonds. The van der Waals surface area contributed by atoms with Crippen molar-refractivity contribution in [1.29, 1.82) is 0 Å². The van der Waals surface area contributed by atoms with Crippen molar-refractivity contribution in [3.05, 3.63) is 52.8 Å². The molecule has 2 atom stereocenters. The van der Waals surface area contributed by atoms with Gasteiger partial charge in [0.15, 0.2) is 11.4 Å². The summed E-state index contributed by atoms with van der Waals surface area (Å²) in [4.78, 5) is 12.2. The summed E-state index contributed by atoms with van der Waals surface area (Å²) in [5, 5.41) is 12.5. The predicted octanol–water partition coefficient (Wildman–Crippen LogP) is 2.27. The Labute approximate surface area is 143 Å². The van der Waals surface area contributed by atoms with Crippen LogP contribution < -0.4 is 5.73 Å². The minimum Gasteiger partial charge on any atom is -0.369 e. The first-order valence-corrected chi connectivity index (χ1v) is 8.78.